The second kappa shape index (κ2) is 9.45. The number of Topliss-reactive ketones (excluding diaryl/α,β-unsaturated/α-hetero) is 1. The van der Waals surface area contributed by atoms with Crippen LogP contribution in [-0.2, 0) is 13.0 Å². The number of fused-ring (bicyclic) bond motifs is 1. The highest BCUT2D eigenvalue weighted by atomic mass is 16.1. The Bertz CT molecular complexity index is 1090. The smallest absolute Gasteiger partial charge is 0.225 e. The maximum Gasteiger partial charge on any atom is 0.225 e. The molecule has 0 N–H and O–H groups in total. The van der Waals surface area contributed by atoms with Crippen molar-refractivity contribution in [1.82, 2.24) is 14.9 Å². The normalized spacial score (nSPS) is 19.3. The second-order valence-corrected chi connectivity index (χ2v) is 8.64. The Kier molecular flexibility index (Phi) is 6.08. The number of aromatic nitrogens is 2. The van der Waals surface area contributed by atoms with E-state index in [0.29, 0.717) is 12.0 Å². The molecule has 1 fully saturated rings. The number of nitrogens with zero attached hydrogens (tertiary/aromatic N) is 4. The number of hydrogen-bond acceptors (Lipinski definition) is 5. The summed E-state index contributed by atoms with van der Waals surface area (Å²) in [5.74, 6) is 1.08. The molecular weight excluding hydrogens is 396 g/mol. The van der Waals surface area contributed by atoms with Crippen LogP contribution in [0.25, 0.3) is 6.08 Å². The van der Waals surface area contributed by atoms with E-state index in [1.54, 1.807) is 6.20 Å². The van der Waals surface area contributed by atoms with E-state index in [1.807, 2.05) is 18.2 Å². The summed E-state index contributed by atoms with van der Waals surface area (Å²) in [5, 5.41) is 0. The van der Waals surface area contributed by atoms with Gasteiger partial charge in [0.2, 0.25) is 5.95 Å². The quantitative estimate of drug-likeness (QED) is 0.613. The van der Waals surface area contributed by atoms with E-state index in [1.165, 1.54) is 5.56 Å². The molecule has 1 aliphatic heterocycles. The first-order valence-electron chi connectivity index (χ1n) is 11.4. The molecule has 0 spiro atoms. The monoisotopic (exact) mass is 424 g/mol. The van der Waals surface area contributed by atoms with Gasteiger partial charge in [-0.05, 0) is 23.5 Å². The fourth-order valence-corrected chi connectivity index (χ4v) is 4.51. The molecule has 1 aliphatic carbocycles. The molecule has 1 aromatic heterocycles. The number of hydrogen-bond donors (Lipinski definition) is 0. The maximum absolute atomic E-state index is 12.7. The van der Waals surface area contributed by atoms with Gasteiger partial charge in [-0.15, -0.1) is 0 Å². The van der Waals surface area contributed by atoms with Gasteiger partial charge in [0, 0.05) is 45.3 Å². The lowest BCUT2D eigenvalue weighted by Gasteiger charge is -2.35. The van der Waals surface area contributed by atoms with Gasteiger partial charge in [0.15, 0.2) is 5.78 Å². The van der Waals surface area contributed by atoms with Crippen molar-refractivity contribution in [2.24, 2.45) is 5.92 Å². The molecule has 0 saturated carbocycles. The van der Waals surface area contributed by atoms with Crippen molar-refractivity contribution >= 4 is 17.8 Å². The summed E-state index contributed by atoms with van der Waals surface area (Å²) in [6.45, 7) is 4.74. The first kappa shape index (κ1) is 20.6. The van der Waals surface area contributed by atoms with E-state index < -0.39 is 0 Å². The van der Waals surface area contributed by atoms with E-state index in [2.05, 4.69) is 69.4 Å². The molecule has 0 bridgehead atoms. The van der Waals surface area contributed by atoms with Crippen LogP contribution >= 0.6 is 0 Å². The average molecular weight is 425 g/mol. The van der Waals surface area contributed by atoms with Gasteiger partial charge in [0.25, 0.3) is 0 Å². The zero-order valence-corrected chi connectivity index (χ0v) is 18.2. The summed E-state index contributed by atoms with van der Waals surface area (Å²) in [4.78, 5) is 26.8. The number of carbonyl (C=O) groups excluding carboxylic acids is 1. The van der Waals surface area contributed by atoms with Crippen molar-refractivity contribution in [2.75, 3.05) is 31.1 Å². The molecule has 0 unspecified atom stereocenters. The number of rotatable bonds is 5. The maximum atomic E-state index is 12.7. The third-order valence-electron chi connectivity index (χ3n) is 6.32. The zero-order valence-electron chi connectivity index (χ0n) is 18.2. The molecule has 2 aliphatic rings. The number of anilines is 1. The molecular formula is C27H28N4O. The molecule has 2 heterocycles. The van der Waals surface area contributed by atoms with Gasteiger partial charge in [-0.25, -0.2) is 9.97 Å². The number of piperazine rings is 1. The van der Waals surface area contributed by atoms with Crippen molar-refractivity contribution in [3.05, 3.63) is 95.3 Å². The Morgan fingerprint density at radius 1 is 0.906 bits per heavy atom. The van der Waals surface area contributed by atoms with E-state index in [9.17, 15) is 4.79 Å². The third kappa shape index (κ3) is 4.78. The molecule has 0 radical (unpaired) electrons. The van der Waals surface area contributed by atoms with Crippen LogP contribution in [0.3, 0.4) is 0 Å². The number of benzene rings is 2. The largest absolute Gasteiger partial charge is 0.338 e. The molecule has 32 heavy (non-hydrogen) atoms. The number of ketones is 1. The molecule has 1 saturated heterocycles. The number of carbonyl (C=O) groups is 1. The molecule has 3 aromatic rings. The first-order valence-corrected chi connectivity index (χ1v) is 11.4. The fraction of sp³-hybridized carbons (Fsp3) is 0.296. The molecule has 5 heteroatoms. The van der Waals surface area contributed by atoms with Crippen LogP contribution in [0.5, 0.6) is 0 Å². The van der Waals surface area contributed by atoms with Crippen molar-refractivity contribution in [1.29, 1.82) is 0 Å². The molecule has 5 rings (SSSR count). The van der Waals surface area contributed by atoms with Gasteiger partial charge in [-0.2, -0.15) is 0 Å². The third-order valence-corrected chi connectivity index (χ3v) is 6.32. The standard InChI is InChI=1S/C27H28N4O/c32-26-18-23(12-11-21-7-3-1-4-8-21)17-25-24(26)19-28-27(29-25)31-15-13-30(14-16-31)20-22-9-5-2-6-10-22/h1-12,19,23H,13-18,20H2/b12-11+/t23-/m1/s1. The van der Waals surface area contributed by atoms with E-state index in [0.717, 1.165) is 56.4 Å². The van der Waals surface area contributed by atoms with E-state index in [4.69, 9.17) is 4.98 Å². The lowest BCUT2D eigenvalue weighted by atomic mass is 9.86. The van der Waals surface area contributed by atoms with Crippen LogP contribution in [0.2, 0.25) is 0 Å². The Hall–Kier alpha value is -3.31. The number of allylic oxidation sites excluding steroid dienone is 1. The van der Waals surface area contributed by atoms with Crippen LogP contribution in [0, 0.1) is 5.92 Å². The highest BCUT2D eigenvalue weighted by molar-refractivity contribution is 5.98. The Balaban J connectivity index is 1.24. The molecule has 5 nitrogen and oxygen atoms in total. The first-order chi connectivity index (χ1) is 15.7. The summed E-state index contributed by atoms with van der Waals surface area (Å²) >= 11 is 0. The average Bonchev–Trinajstić information content (AvgIpc) is 2.84. The van der Waals surface area contributed by atoms with Gasteiger partial charge >= 0.3 is 0 Å². The summed E-state index contributed by atoms with van der Waals surface area (Å²) in [6, 6.07) is 20.8. The Morgan fingerprint density at radius 3 is 2.38 bits per heavy atom. The van der Waals surface area contributed by atoms with Crippen LogP contribution in [0.15, 0.2) is 72.9 Å². The van der Waals surface area contributed by atoms with Crippen LogP contribution in [0.4, 0.5) is 5.95 Å². The summed E-state index contributed by atoms with van der Waals surface area (Å²) < 4.78 is 0. The molecule has 1 atom stereocenters. The van der Waals surface area contributed by atoms with Crippen molar-refractivity contribution < 1.29 is 4.79 Å². The minimum absolute atomic E-state index is 0.146. The summed E-state index contributed by atoms with van der Waals surface area (Å²) in [7, 11) is 0. The van der Waals surface area contributed by atoms with Gasteiger partial charge < -0.3 is 4.90 Å². The Morgan fingerprint density at radius 2 is 1.62 bits per heavy atom. The fourth-order valence-electron chi connectivity index (χ4n) is 4.51. The summed E-state index contributed by atoms with van der Waals surface area (Å²) in [5.41, 5.74) is 4.09. The topological polar surface area (TPSA) is 49.3 Å². The highest BCUT2D eigenvalue weighted by Gasteiger charge is 2.27. The van der Waals surface area contributed by atoms with Crippen molar-refractivity contribution in [3.63, 3.8) is 0 Å². The van der Waals surface area contributed by atoms with Gasteiger partial charge in [-0.1, -0.05) is 72.8 Å². The van der Waals surface area contributed by atoms with Crippen LogP contribution in [-0.4, -0.2) is 46.8 Å². The molecule has 162 valence electrons. The highest BCUT2D eigenvalue weighted by Crippen LogP contribution is 2.27. The van der Waals surface area contributed by atoms with Crippen LogP contribution in [0.1, 0.15) is 33.6 Å². The predicted molar refractivity (Wildman–Crippen MR) is 128 cm³/mol. The SMILES string of the molecule is O=C1C[C@H](/C=C/c2ccccc2)Cc2nc(N3CCN(Cc4ccccc4)CC3)ncc21. The van der Waals surface area contributed by atoms with Crippen molar-refractivity contribution in [3.8, 4) is 0 Å². The van der Waals surface area contributed by atoms with Gasteiger partial charge in [-0.3, -0.25) is 9.69 Å². The lowest BCUT2D eigenvalue weighted by Crippen LogP contribution is -2.46. The van der Waals surface area contributed by atoms with Crippen molar-refractivity contribution in [2.45, 2.75) is 19.4 Å². The second-order valence-electron chi connectivity index (χ2n) is 8.64. The minimum Gasteiger partial charge on any atom is -0.338 e. The lowest BCUT2D eigenvalue weighted by molar-refractivity contribution is 0.0957. The predicted octanol–water partition coefficient (Wildman–Crippen LogP) is 4.26. The van der Waals surface area contributed by atoms with E-state index in [-0.39, 0.29) is 11.7 Å². The summed E-state index contributed by atoms with van der Waals surface area (Å²) in [6.07, 6.45) is 7.32. The van der Waals surface area contributed by atoms with E-state index >= 15 is 0 Å². The Labute approximate surface area is 189 Å². The van der Waals surface area contributed by atoms with Gasteiger partial charge in [0.1, 0.15) is 0 Å². The minimum atomic E-state index is 0.146. The van der Waals surface area contributed by atoms with Crippen LogP contribution < -0.4 is 4.90 Å². The van der Waals surface area contributed by atoms with Gasteiger partial charge in [0.05, 0.1) is 11.3 Å². The molecule has 0 amide bonds. The molecule has 2 aromatic carbocycles. The zero-order chi connectivity index (χ0) is 21.8.